The fraction of sp³-hybridized carbons (Fsp3) is 0.429. The van der Waals surface area contributed by atoms with Crippen LogP contribution < -0.4 is 0 Å². The third kappa shape index (κ3) is 1.48. The molecule has 15 heavy (non-hydrogen) atoms. The maximum atomic E-state index is 3.49. The Kier molecular flexibility index (Phi) is 2.24. The third-order valence-electron chi connectivity index (χ3n) is 3.96. The smallest absolute Gasteiger partial charge is 0.0283 e. The molecule has 1 heteroatoms. The van der Waals surface area contributed by atoms with Crippen molar-refractivity contribution >= 4 is 15.9 Å². The first-order valence-electron chi connectivity index (χ1n) is 5.67. The Balaban J connectivity index is 1.96. The maximum Gasteiger partial charge on any atom is 0.0283 e. The Labute approximate surface area is 99.5 Å². The van der Waals surface area contributed by atoms with Gasteiger partial charge >= 0.3 is 0 Å². The number of halogens is 1. The lowest BCUT2D eigenvalue weighted by molar-refractivity contribution is 0.567. The lowest BCUT2D eigenvalue weighted by Crippen LogP contribution is -2.17. The minimum atomic E-state index is 0.398. The Morgan fingerprint density at radius 1 is 1.27 bits per heavy atom. The van der Waals surface area contributed by atoms with Gasteiger partial charge in [0.1, 0.15) is 0 Å². The minimum Gasteiger partial charge on any atom is -0.0876 e. The van der Waals surface area contributed by atoms with E-state index in [0.717, 1.165) is 11.2 Å². The molecule has 2 aliphatic rings. The number of rotatable bonds is 2. The van der Waals surface area contributed by atoms with Gasteiger partial charge in [-0.15, -0.1) is 0 Å². The third-order valence-corrected chi connectivity index (χ3v) is 4.61. The van der Waals surface area contributed by atoms with E-state index < -0.39 is 0 Å². The van der Waals surface area contributed by atoms with Gasteiger partial charge in [-0.2, -0.15) is 0 Å². The Morgan fingerprint density at radius 2 is 2.07 bits per heavy atom. The summed E-state index contributed by atoms with van der Waals surface area (Å²) >= 11 is 3.49. The quantitative estimate of drug-likeness (QED) is 0.554. The van der Waals surface area contributed by atoms with Gasteiger partial charge in [-0.05, 0) is 36.3 Å². The Morgan fingerprint density at radius 3 is 2.53 bits per heavy atom. The molecule has 2 atom stereocenters. The molecule has 1 aromatic rings. The number of alkyl halides is 1. The van der Waals surface area contributed by atoms with Gasteiger partial charge < -0.3 is 0 Å². The highest BCUT2D eigenvalue weighted by atomic mass is 79.9. The molecule has 0 spiro atoms. The van der Waals surface area contributed by atoms with Crippen molar-refractivity contribution in [1.29, 1.82) is 0 Å². The molecule has 0 heterocycles. The average molecular weight is 263 g/mol. The van der Waals surface area contributed by atoms with Gasteiger partial charge in [0.05, 0.1) is 0 Å². The second-order valence-electron chi connectivity index (χ2n) is 4.85. The summed E-state index contributed by atoms with van der Waals surface area (Å²) in [6.07, 6.45) is 8.95. The molecule has 0 aromatic heterocycles. The van der Waals surface area contributed by atoms with E-state index in [1.165, 1.54) is 30.4 Å². The zero-order chi connectivity index (χ0) is 10.3. The summed E-state index contributed by atoms with van der Waals surface area (Å²) in [6, 6.07) is 9.12. The predicted octanol–water partition coefficient (Wildman–Crippen LogP) is 4.19. The number of hydrogen-bond donors (Lipinski definition) is 0. The van der Waals surface area contributed by atoms with Crippen molar-refractivity contribution < 1.29 is 0 Å². The first kappa shape index (κ1) is 9.65. The van der Waals surface area contributed by atoms with Crippen molar-refractivity contribution in [2.24, 2.45) is 5.92 Å². The van der Waals surface area contributed by atoms with Crippen molar-refractivity contribution in [3.63, 3.8) is 0 Å². The standard InChI is InChI=1S/C14H15Br/c15-10-12-1-3-13(4-2-12)14-7-5-11(9-14)6-8-14/h1-5,7,11H,6,8-10H2. The van der Waals surface area contributed by atoms with E-state index in [1.807, 2.05) is 0 Å². The van der Waals surface area contributed by atoms with Gasteiger partial charge in [-0.1, -0.05) is 52.3 Å². The molecular formula is C14H15Br. The number of benzene rings is 1. The second kappa shape index (κ2) is 3.48. The van der Waals surface area contributed by atoms with E-state index in [-0.39, 0.29) is 0 Å². The molecule has 0 radical (unpaired) electrons. The fourth-order valence-corrected chi connectivity index (χ4v) is 3.41. The molecule has 1 fully saturated rings. The highest BCUT2D eigenvalue weighted by Gasteiger charge is 2.41. The first-order chi connectivity index (χ1) is 7.32. The van der Waals surface area contributed by atoms with Crippen LogP contribution in [-0.4, -0.2) is 0 Å². The summed E-state index contributed by atoms with van der Waals surface area (Å²) in [4.78, 5) is 0. The molecule has 0 saturated heterocycles. The normalized spacial score (nSPS) is 32.5. The molecule has 0 amide bonds. The van der Waals surface area contributed by atoms with E-state index >= 15 is 0 Å². The summed E-state index contributed by atoms with van der Waals surface area (Å²) in [5.74, 6) is 0.862. The van der Waals surface area contributed by atoms with Crippen molar-refractivity contribution in [1.82, 2.24) is 0 Å². The van der Waals surface area contributed by atoms with Crippen LogP contribution in [0.1, 0.15) is 30.4 Å². The molecule has 0 nitrogen and oxygen atoms in total. The highest BCUT2D eigenvalue weighted by molar-refractivity contribution is 9.08. The van der Waals surface area contributed by atoms with Crippen LogP contribution in [0.25, 0.3) is 0 Å². The molecule has 2 unspecified atom stereocenters. The average Bonchev–Trinajstić information content (AvgIpc) is 2.90. The number of fused-ring (bicyclic) bond motifs is 2. The molecule has 1 saturated carbocycles. The molecule has 1 aromatic carbocycles. The molecule has 0 aliphatic heterocycles. The van der Waals surface area contributed by atoms with Crippen LogP contribution >= 0.6 is 15.9 Å². The van der Waals surface area contributed by atoms with Gasteiger partial charge in [-0.25, -0.2) is 0 Å². The van der Waals surface area contributed by atoms with Gasteiger partial charge in [0.15, 0.2) is 0 Å². The maximum absolute atomic E-state index is 3.49. The van der Waals surface area contributed by atoms with Crippen LogP contribution in [0, 0.1) is 5.92 Å². The lowest BCUT2D eigenvalue weighted by atomic mass is 9.80. The van der Waals surface area contributed by atoms with Crippen LogP contribution in [0.15, 0.2) is 36.4 Å². The predicted molar refractivity (Wildman–Crippen MR) is 67.2 cm³/mol. The zero-order valence-corrected chi connectivity index (χ0v) is 10.3. The SMILES string of the molecule is BrCc1ccc(C23C=CC(CC2)C3)cc1. The van der Waals surface area contributed by atoms with Crippen LogP contribution in [-0.2, 0) is 10.7 Å². The first-order valence-corrected chi connectivity index (χ1v) is 6.79. The summed E-state index contributed by atoms with van der Waals surface area (Å²) in [5, 5.41) is 0.957. The van der Waals surface area contributed by atoms with E-state index in [4.69, 9.17) is 0 Å². The zero-order valence-electron chi connectivity index (χ0n) is 8.75. The largest absolute Gasteiger partial charge is 0.0876 e. The van der Waals surface area contributed by atoms with E-state index in [9.17, 15) is 0 Å². The Bertz CT molecular complexity index is 390. The molecular weight excluding hydrogens is 248 g/mol. The fourth-order valence-electron chi connectivity index (χ4n) is 3.04. The monoisotopic (exact) mass is 262 g/mol. The Hall–Kier alpha value is -0.560. The topological polar surface area (TPSA) is 0 Å². The summed E-state index contributed by atoms with van der Waals surface area (Å²) in [7, 11) is 0. The van der Waals surface area contributed by atoms with Crippen molar-refractivity contribution in [2.45, 2.75) is 30.0 Å². The highest BCUT2D eigenvalue weighted by Crippen LogP contribution is 2.50. The molecule has 3 rings (SSSR count). The lowest BCUT2D eigenvalue weighted by Gasteiger charge is -2.24. The molecule has 78 valence electrons. The van der Waals surface area contributed by atoms with Gasteiger partial charge in [-0.3, -0.25) is 0 Å². The van der Waals surface area contributed by atoms with Gasteiger partial charge in [0.2, 0.25) is 0 Å². The second-order valence-corrected chi connectivity index (χ2v) is 5.41. The van der Waals surface area contributed by atoms with Gasteiger partial charge in [0.25, 0.3) is 0 Å². The molecule has 2 bridgehead atoms. The van der Waals surface area contributed by atoms with Crippen LogP contribution in [0.2, 0.25) is 0 Å². The van der Waals surface area contributed by atoms with E-state index in [0.29, 0.717) is 5.41 Å². The summed E-state index contributed by atoms with van der Waals surface area (Å²) in [5.41, 5.74) is 3.28. The van der Waals surface area contributed by atoms with Crippen LogP contribution in [0.3, 0.4) is 0 Å². The number of hydrogen-bond acceptors (Lipinski definition) is 0. The van der Waals surface area contributed by atoms with Crippen LogP contribution in [0.4, 0.5) is 0 Å². The van der Waals surface area contributed by atoms with Gasteiger partial charge in [0, 0.05) is 10.7 Å². The molecule has 2 aliphatic carbocycles. The van der Waals surface area contributed by atoms with E-state index in [1.54, 1.807) is 0 Å². The van der Waals surface area contributed by atoms with E-state index in [2.05, 4.69) is 52.3 Å². The van der Waals surface area contributed by atoms with Crippen molar-refractivity contribution in [3.05, 3.63) is 47.5 Å². The molecule has 0 N–H and O–H groups in total. The summed E-state index contributed by atoms with van der Waals surface area (Å²) < 4.78 is 0. The summed E-state index contributed by atoms with van der Waals surface area (Å²) in [6.45, 7) is 0. The van der Waals surface area contributed by atoms with Crippen molar-refractivity contribution in [2.75, 3.05) is 0 Å². The van der Waals surface area contributed by atoms with Crippen LogP contribution in [0.5, 0.6) is 0 Å². The van der Waals surface area contributed by atoms with Crippen molar-refractivity contribution in [3.8, 4) is 0 Å². The minimum absolute atomic E-state index is 0.398. The number of allylic oxidation sites excluding steroid dienone is 2.